The van der Waals surface area contributed by atoms with E-state index in [0.29, 0.717) is 10.7 Å². The molecule has 134 valence electrons. The molecule has 1 N–H and O–H groups in total. The molecule has 25 heavy (non-hydrogen) atoms. The molecule has 0 fully saturated rings. The molecule has 0 aliphatic rings. The summed E-state index contributed by atoms with van der Waals surface area (Å²) in [5.41, 5.74) is 0.602. The number of benzene rings is 2. The molecule has 0 aliphatic heterocycles. The van der Waals surface area contributed by atoms with Gasteiger partial charge in [-0.05, 0) is 42.8 Å². The SMILES string of the molecule is CC[C@H](C(=O)Nc1ccccc1Cl)N(c1ccc(F)cc1)S(C)(=O)=O. The average Bonchev–Trinajstić information content (AvgIpc) is 2.54. The van der Waals surface area contributed by atoms with Crippen LogP contribution in [0.2, 0.25) is 5.02 Å². The van der Waals surface area contributed by atoms with E-state index in [1.165, 1.54) is 12.1 Å². The summed E-state index contributed by atoms with van der Waals surface area (Å²) in [6.45, 7) is 1.69. The molecule has 1 atom stereocenters. The van der Waals surface area contributed by atoms with E-state index in [-0.39, 0.29) is 12.1 Å². The second-order valence-electron chi connectivity index (χ2n) is 5.43. The Balaban J connectivity index is 2.38. The normalized spacial score (nSPS) is 12.5. The lowest BCUT2D eigenvalue weighted by molar-refractivity contribution is -0.117. The molecule has 2 aromatic carbocycles. The van der Waals surface area contributed by atoms with Crippen LogP contribution >= 0.6 is 11.6 Å². The van der Waals surface area contributed by atoms with Crippen molar-refractivity contribution in [3.63, 3.8) is 0 Å². The van der Waals surface area contributed by atoms with Gasteiger partial charge in [-0.1, -0.05) is 30.7 Å². The van der Waals surface area contributed by atoms with Crippen molar-refractivity contribution in [2.24, 2.45) is 0 Å². The quantitative estimate of drug-likeness (QED) is 0.826. The van der Waals surface area contributed by atoms with Crippen molar-refractivity contribution in [2.45, 2.75) is 19.4 Å². The highest BCUT2D eigenvalue weighted by atomic mass is 35.5. The van der Waals surface area contributed by atoms with E-state index < -0.39 is 27.8 Å². The Morgan fingerprint density at radius 2 is 1.80 bits per heavy atom. The molecule has 2 aromatic rings. The summed E-state index contributed by atoms with van der Waals surface area (Å²) >= 11 is 6.03. The maximum Gasteiger partial charge on any atom is 0.248 e. The zero-order valence-electron chi connectivity index (χ0n) is 13.7. The summed E-state index contributed by atoms with van der Waals surface area (Å²) in [7, 11) is -3.77. The van der Waals surface area contributed by atoms with Gasteiger partial charge in [-0.2, -0.15) is 0 Å². The molecule has 8 heteroatoms. The van der Waals surface area contributed by atoms with E-state index in [0.717, 1.165) is 22.7 Å². The summed E-state index contributed by atoms with van der Waals surface area (Å²) in [6, 6.07) is 10.6. The lowest BCUT2D eigenvalue weighted by Crippen LogP contribution is -2.47. The molecular weight excluding hydrogens is 367 g/mol. The highest BCUT2D eigenvalue weighted by Crippen LogP contribution is 2.25. The number of amides is 1. The largest absolute Gasteiger partial charge is 0.323 e. The Hall–Kier alpha value is -2.12. The number of sulfonamides is 1. The van der Waals surface area contributed by atoms with E-state index in [9.17, 15) is 17.6 Å². The summed E-state index contributed by atoms with van der Waals surface area (Å²) in [5.74, 6) is -1.02. The van der Waals surface area contributed by atoms with E-state index >= 15 is 0 Å². The van der Waals surface area contributed by atoms with Crippen molar-refractivity contribution in [2.75, 3.05) is 15.9 Å². The first-order chi connectivity index (χ1) is 11.7. The second kappa shape index (κ2) is 7.84. The zero-order valence-corrected chi connectivity index (χ0v) is 15.3. The number of carbonyl (C=O) groups is 1. The van der Waals surface area contributed by atoms with E-state index in [1.54, 1.807) is 31.2 Å². The Labute approximate surface area is 151 Å². The molecule has 1 amide bonds. The molecule has 0 saturated carbocycles. The molecule has 0 saturated heterocycles. The number of hydrogen-bond donors (Lipinski definition) is 1. The third-order valence-corrected chi connectivity index (χ3v) is 5.05. The molecule has 0 heterocycles. The van der Waals surface area contributed by atoms with Crippen molar-refractivity contribution in [1.82, 2.24) is 0 Å². The van der Waals surface area contributed by atoms with Gasteiger partial charge < -0.3 is 5.32 Å². The number of hydrogen-bond acceptors (Lipinski definition) is 3. The second-order valence-corrected chi connectivity index (χ2v) is 7.70. The zero-order chi connectivity index (χ0) is 18.6. The fourth-order valence-electron chi connectivity index (χ4n) is 2.43. The Morgan fingerprint density at radius 3 is 2.32 bits per heavy atom. The molecule has 5 nitrogen and oxygen atoms in total. The number of carbonyl (C=O) groups excluding carboxylic acids is 1. The van der Waals surface area contributed by atoms with Gasteiger partial charge in [-0.3, -0.25) is 9.10 Å². The summed E-state index contributed by atoms with van der Waals surface area (Å²) in [6.07, 6.45) is 1.22. The highest BCUT2D eigenvalue weighted by molar-refractivity contribution is 7.92. The topological polar surface area (TPSA) is 66.5 Å². The number of anilines is 2. The van der Waals surface area contributed by atoms with Gasteiger partial charge in [0, 0.05) is 0 Å². The molecule has 0 unspecified atom stereocenters. The number of halogens is 2. The minimum absolute atomic E-state index is 0.213. The molecule has 0 aliphatic carbocycles. The Morgan fingerprint density at radius 1 is 1.20 bits per heavy atom. The van der Waals surface area contributed by atoms with Crippen LogP contribution in [0.5, 0.6) is 0 Å². The van der Waals surface area contributed by atoms with Gasteiger partial charge in [-0.15, -0.1) is 0 Å². The Bertz CT molecular complexity index is 856. The van der Waals surface area contributed by atoms with Crippen LogP contribution in [-0.4, -0.2) is 26.6 Å². The minimum atomic E-state index is -3.77. The van der Waals surface area contributed by atoms with Gasteiger partial charge in [0.2, 0.25) is 15.9 Å². The molecule has 0 radical (unpaired) electrons. The van der Waals surface area contributed by atoms with Crippen LogP contribution in [0.25, 0.3) is 0 Å². The smallest absolute Gasteiger partial charge is 0.248 e. The van der Waals surface area contributed by atoms with Crippen LogP contribution in [0.3, 0.4) is 0 Å². The van der Waals surface area contributed by atoms with Crippen LogP contribution in [0.4, 0.5) is 15.8 Å². The summed E-state index contributed by atoms with van der Waals surface area (Å²) < 4.78 is 38.7. The maximum atomic E-state index is 13.2. The van der Waals surface area contributed by atoms with Crippen LogP contribution in [0.15, 0.2) is 48.5 Å². The number of para-hydroxylation sites is 1. The molecule has 2 rings (SSSR count). The average molecular weight is 385 g/mol. The number of nitrogens with zero attached hydrogens (tertiary/aromatic N) is 1. The van der Waals surface area contributed by atoms with Crippen LogP contribution in [0, 0.1) is 5.82 Å². The number of rotatable bonds is 6. The van der Waals surface area contributed by atoms with E-state index in [4.69, 9.17) is 11.6 Å². The molecule has 0 bridgehead atoms. The first-order valence-electron chi connectivity index (χ1n) is 7.54. The van der Waals surface area contributed by atoms with Gasteiger partial charge in [0.1, 0.15) is 11.9 Å². The van der Waals surface area contributed by atoms with Crippen LogP contribution < -0.4 is 9.62 Å². The van der Waals surface area contributed by atoms with Gasteiger partial charge >= 0.3 is 0 Å². The Kier molecular flexibility index (Phi) is 6.02. The van der Waals surface area contributed by atoms with E-state index in [2.05, 4.69) is 5.32 Å². The summed E-state index contributed by atoms with van der Waals surface area (Å²) in [5, 5.41) is 2.99. The standard InChI is InChI=1S/C17H18ClFN2O3S/c1-3-16(17(22)20-15-7-5-4-6-14(15)18)21(25(2,23)24)13-10-8-12(19)9-11-13/h4-11,16H,3H2,1-2H3,(H,20,22)/t16-/m1/s1. The first-order valence-corrected chi connectivity index (χ1v) is 9.77. The first kappa shape index (κ1) is 19.2. The lowest BCUT2D eigenvalue weighted by Gasteiger charge is -2.30. The van der Waals surface area contributed by atoms with E-state index in [1.807, 2.05) is 0 Å². The molecule has 0 spiro atoms. The fourth-order valence-corrected chi connectivity index (χ4v) is 3.82. The van der Waals surface area contributed by atoms with Gasteiger partial charge in [0.15, 0.2) is 0 Å². The predicted octanol–water partition coefficient (Wildman–Crippen LogP) is 3.66. The van der Waals surface area contributed by atoms with Crippen molar-refractivity contribution in [1.29, 1.82) is 0 Å². The molecule has 0 aromatic heterocycles. The fraction of sp³-hybridized carbons (Fsp3) is 0.235. The predicted molar refractivity (Wildman–Crippen MR) is 97.9 cm³/mol. The molecular formula is C17H18ClFN2O3S. The van der Waals surface area contributed by atoms with Gasteiger partial charge in [-0.25, -0.2) is 12.8 Å². The maximum absolute atomic E-state index is 13.2. The lowest BCUT2D eigenvalue weighted by atomic mass is 10.1. The third kappa shape index (κ3) is 4.70. The summed E-state index contributed by atoms with van der Waals surface area (Å²) in [4.78, 5) is 12.7. The monoisotopic (exact) mass is 384 g/mol. The van der Waals surface area contributed by atoms with Gasteiger partial charge in [0.25, 0.3) is 0 Å². The van der Waals surface area contributed by atoms with Crippen LogP contribution in [-0.2, 0) is 14.8 Å². The minimum Gasteiger partial charge on any atom is -0.323 e. The van der Waals surface area contributed by atoms with Crippen LogP contribution in [0.1, 0.15) is 13.3 Å². The van der Waals surface area contributed by atoms with Crippen molar-refractivity contribution < 1.29 is 17.6 Å². The van der Waals surface area contributed by atoms with Crippen molar-refractivity contribution in [3.8, 4) is 0 Å². The van der Waals surface area contributed by atoms with Gasteiger partial charge in [0.05, 0.1) is 22.7 Å². The highest BCUT2D eigenvalue weighted by Gasteiger charge is 2.31. The van der Waals surface area contributed by atoms with Crippen molar-refractivity contribution >= 4 is 38.9 Å². The number of nitrogens with one attached hydrogen (secondary N) is 1. The van der Waals surface area contributed by atoms with Crippen molar-refractivity contribution in [3.05, 3.63) is 59.4 Å². The third-order valence-electron chi connectivity index (χ3n) is 3.54.